The van der Waals surface area contributed by atoms with Crippen LogP contribution in [-0.4, -0.2) is 31.3 Å². The molecule has 0 radical (unpaired) electrons. The summed E-state index contributed by atoms with van der Waals surface area (Å²) in [4.78, 5) is 7.09. The van der Waals surface area contributed by atoms with E-state index in [0.29, 0.717) is 29.9 Å². The molecule has 1 N–H and O–H groups in total. The Kier molecular flexibility index (Phi) is 4.57. The summed E-state index contributed by atoms with van der Waals surface area (Å²) in [5.74, 6) is -0.255. The second-order valence-electron chi connectivity index (χ2n) is 4.67. The van der Waals surface area contributed by atoms with Crippen LogP contribution >= 0.6 is 22.9 Å². The number of thiazole rings is 1. The molecule has 0 amide bonds. The highest BCUT2D eigenvalue weighted by atomic mass is 35.5. The van der Waals surface area contributed by atoms with E-state index in [2.05, 4.69) is 15.2 Å². The number of morpholine rings is 1. The second kappa shape index (κ2) is 6.60. The zero-order chi connectivity index (χ0) is 14.7. The maximum absolute atomic E-state index is 14.2. The van der Waals surface area contributed by atoms with E-state index >= 15 is 0 Å². The van der Waals surface area contributed by atoms with Gasteiger partial charge in [0.25, 0.3) is 0 Å². The lowest BCUT2D eigenvalue weighted by Crippen LogP contribution is -2.36. The SMILES string of the molecule is Fc1cccc(N2CCOCC2)c1NCc1cnc(Cl)s1. The number of nitrogens with one attached hydrogen (secondary N) is 1. The van der Waals surface area contributed by atoms with Crippen LogP contribution in [0.2, 0.25) is 4.47 Å². The molecule has 0 atom stereocenters. The molecule has 1 fully saturated rings. The lowest BCUT2D eigenvalue weighted by molar-refractivity contribution is 0.122. The van der Waals surface area contributed by atoms with Crippen molar-refractivity contribution in [1.82, 2.24) is 4.98 Å². The van der Waals surface area contributed by atoms with Gasteiger partial charge in [0.05, 0.1) is 31.1 Å². The van der Waals surface area contributed by atoms with Gasteiger partial charge in [0.2, 0.25) is 0 Å². The predicted octanol–water partition coefficient (Wildman–Crippen LogP) is 3.38. The number of halogens is 2. The van der Waals surface area contributed by atoms with Crippen molar-refractivity contribution in [2.24, 2.45) is 0 Å². The van der Waals surface area contributed by atoms with Crippen LogP contribution in [0.15, 0.2) is 24.4 Å². The van der Waals surface area contributed by atoms with E-state index in [9.17, 15) is 4.39 Å². The molecule has 2 heterocycles. The number of aromatic nitrogens is 1. The first kappa shape index (κ1) is 14.6. The first-order chi connectivity index (χ1) is 10.2. The van der Waals surface area contributed by atoms with E-state index in [1.807, 2.05) is 6.07 Å². The highest BCUT2D eigenvalue weighted by Gasteiger charge is 2.17. The predicted molar refractivity (Wildman–Crippen MR) is 83.9 cm³/mol. The molecule has 3 rings (SSSR count). The number of nitrogens with zero attached hydrogens (tertiary/aromatic N) is 2. The van der Waals surface area contributed by atoms with Crippen LogP contribution in [-0.2, 0) is 11.3 Å². The van der Waals surface area contributed by atoms with Crippen LogP contribution in [0.4, 0.5) is 15.8 Å². The van der Waals surface area contributed by atoms with Crippen LogP contribution < -0.4 is 10.2 Å². The lowest BCUT2D eigenvalue weighted by Gasteiger charge is -2.30. The molecule has 0 aliphatic carbocycles. The van der Waals surface area contributed by atoms with E-state index in [1.54, 1.807) is 12.3 Å². The Labute approximate surface area is 131 Å². The quantitative estimate of drug-likeness (QED) is 0.934. The Bertz CT molecular complexity index is 616. The van der Waals surface area contributed by atoms with E-state index in [-0.39, 0.29) is 5.82 Å². The molecule has 112 valence electrons. The molecular formula is C14H15ClFN3OS. The van der Waals surface area contributed by atoms with Gasteiger partial charge in [0, 0.05) is 24.2 Å². The Morgan fingerprint density at radius 1 is 1.38 bits per heavy atom. The monoisotopic (exact) mass is 327 g/mol. The van der Waals surface area contributed by atoms with E-state index < -0.39 is 0 Å². The minimum atomic E-state index is -0.255. The van der Waals surface area contributed by atoms with Crippen molar-refractivity contribution < 1.29 is 9.13 Å². The van der Waals surface area contributed by atoms with Crippen LogP contribution in [0.3, 0.4) is 0 Å². The number of ether oxygens (including phenoxy) is 1. The number of para-hydroxylation sites is 1. The van der Waals surface area contributed by atoms with Gasteiger partial charge in [-0.15, -0.1) is 11.3 Å². The van der Waals surface area contributed by atoms with Crippen LogP contribution in [0.1, 0.15) is 4.88 Å². The molecule has 0 bridgehead atoms. The Morgan fingerprint density at radius 2 is 2.19 bits per heavy atom. The molecule has 21 heavy (non-hydrogen) atoms. The number of hydrogen-bond acceptors (Lipinski definition) is 5. The standard InChI is InChI=1S/C14H15ClFN3OS/c15-14-18-9-10(21-14)8-17-13-11(16)2-1-3-12(13)19-4-6-20-7-5-19/h1-3,9,17H,4-8H2. The average Bonchev–Trinajstić information content (AvgIpc) is 2.92. The van der Waals surface area contributed by atoms with Gasteiger partial charge in [0.1, 0.15) is 5.82 Å². The minimum Gasteiger partial charge on any atom is -0.378 e. The van der Waals surface area contributed by atoms with Gasteiger partial charge < -0.3 is 15.0 Å². The molecule has 1 aromatic carbocycles. The van der Waals surface area contributed by atoms with Gasteiger partial charge in [-0.05, 0) is 12.1 Å². The number of benzene rings is 1. The van der Waals surface area contributed by atoms with Crippen LogP contribution in [0.5, 0.6) is 0 Å². The maximum Gasteiger partial charge on any atom is 0.183 e. The van der Waals surface area contributed by atoms with Crippen molar-refractivity contribution in [3.8, 4) is 0 Å². The Hall–Kier alpha value is -1.37. The first-order valence-corrected chi connectivity index (χ1v) is 7.89. The van der Waals surface area contributed by atoms with Crippen LogP contribution in [0, 0.1) is 5.82 Å². The summed E-state index contributed by atoms with van der Waals surface area (Å²) in [6, 6.07) is 5.12. The second-order valence-corrected chi connectivity index (χ2v) is 6.36. The summed E-state index contributed by atoms with van der Waals surface area (Å²) >= 11 is 7.20. The largest absolute Gasteiger partial charge is 0.378 e. The summed E-state index contributed by atoms with van der Waals surface area (Å²) in [7, 11) is 0. The summed E-state index contributed by atoms with van der Waals surface area (Å²) in [6.45, 7) is 3.37. The summed E-state index contributed by atoms with van der Waals surface area (Å²) in [6.07, 6.45) is 1.70. The third-order valence-corrected chi connectivity index (χ3v) is 4.42. The zero-order valence-corrected chi connectivity index (χ0v) is 12.9. The number of hydrogen-bond donors (Lipinski definition) is 1. The van der Waals surface area contributed by atoms with Gasteiger partial charge in [-0.25, -0.2) is 9.37 Å². The fourth-order valence-electron chi connectivity index (χ4n) is 2.30. The molecule has 0 saturated carbocycles. The van der Waals surface area contributed by atoms with E-state index in [1.165, 1.54) is 17.4 Å². The smallest absolute Gasteiger partial charge is 0.183 e. The van der Waals surface area contributed by atoms with Crippen molar-refractivity contribution >= 4 is 34.3 Å². The molecule has 2 aromatic rings. The van der Waals surface area contributed by atoms with Gasteiger partial charge in [-0.2, -0.15) is 0 Å². The van der Waals surface area contributed by atoms with Crippen molar-refractivity contribution in [2.45, 2.75) is 6.54 Å². The molecule has 0 unspecified atom stereocenters. The van der Waals surface area contributed by atoms with E-state index in [4.69, 9.17) is 16.3 Å². The average molecular weight is 328 g/mol. The molecule has 1 saturated heterocycles. The minimum absolute atomic E-state index is 0.255. The van der Waals surface area contributed by atoms with Gasteiger partial charge in [-0.1, -0.05) is 17.7 Å². The fraction of sp³-hybridized carbons (Fsp3) is 0.357. The maximum atomic E-state index is 14.2. The highest BCUT2D eigenvalue weighted by molar-refractivity contribution is 7.15. The zero-order valence-electron chi connectivity index (χ0n) is 11.3. The summed E-state index contributed by atoms with van der Waals surface area (Å²) < 4.78 is 20.0. The fourth-order valence-corrected chi connectivity index (χ4v) is 3.21. The van der Waals surface area contributed by atoms with Crippen LogP contribution in [0.25, 0.3) is 0 Å². The Balaban J connectivity index is 1.79. The number of anilines is 2. The molecule has 7 heteroatoms. The summed E-state index contributed by atoms with van der Waals surface area (Å²) in [5.41, 5.74) is 1.39. The molecule has 4 nitrogen and oxygen atoms in total. The van der Waals surface area contributed by atoms with Gasteiger partial charge in [0.15, 0.2) is 4.47 Å². The normalized spacial score (nSPS) is 15.2. The van der Waals surface area contributed by atoms with Crippen molar-refractivity contribution in [3.63, 3.8) is 0 Å². The third kappa shape index (κ3) is 3.45. The van der Waals surface area contributed by atoms with Crippen molar-refractivity contribution in [1.29, 1.82) is 0 Å². The first-order valence-electron chi connectivity index (χ1n) is 6.69. The Morgan fingerprint density at radius 3 is 2.90 bits per heavy atom. The number of rotatable bonds is 4. The summed E-state index contributed by atoms with van der Waals surface area (Å²) in [5, 5.41) is 3.16. The van der Waals surface area contributed by atoms with Gasteiger partial charge >= 0.3 is 0 Å². The molecule has 1 aliphatic heterocycles. The van der Waals surface area contributed by atoms with Crippen molar-refractivity contribution in [3.05, 3.63) is 39.6 Å². The molecule has 0 spiro atoms. The topological polar surface area (TPSA) is 37.4 Å². The lowest BCUT2D eigenvalue weighted by atomic mass is 10.2. The molecule has 1 aromatic heterocycles. The highest BCUT2D eigenvalue weighted by Crippen LogP contribution is 2.30. The molecule has 1 aliphatic rings. The van der Waals surface area contributed by atoms with Crippen molar-refractivity contribution in [2.75, 3.05) is 36.5 Å². The van der Waals surface area contributed by atoms with E-state index in [0.717, 1.165) is 23.7 Å². The van der Waals surface area contributed by atoms with Gasteiger partial charge in [-0.3, -0.25) is 0 Å². The molecular weight excluding hydrogens is 313 g/mol. The third-order valence-electron chi connectivity index (χ3n) is 3.31.